The summed E-state index contributed by atoms with van der Waals surface area (Å²) in [6, 6.07) is 39.4. The molecule has 0 aliphatic heterocycles. The lowest BCUT2D eigenvalue weighted by Crippen LogP contribution is -2.49. The average Bonchev–Trinajstić information content (AvgIpc) is 3.58. The van der Waals surface area contributed by atoms with Crippen LogP contribution >= 0.6 is 0 Å². The number of aromatic nitrogens is 2. The van der Waals surface area contributed by atoms with Crippen LogP contribution in [0.1, 0.15) is 55.1 Å². The van der Waals surface area contributed by atoms with Crippen molar-refractivity contribution < 1.29 is 24.2 Å². The van der Waals surface area contributed by atoms with E-state index in [-0.39, 0.29) is 19.5 Å². The molecule has 9 nitrogen and oxygen atoms in total. The van der Waals surface area contributed by atoms with E-state index < -0.39 is 35.0 Å². The van der Waals surface area contributed by atoms with Gasteiger partial charge in [-0.3, -0.25) is 14.5 Å². The largest absolute Gasteiger partial charge is 0.480 e. The molecule has 5 aromatic rings. The van der Waals surface area contributed by atoms with Crippen molar-refractivity contribution in [1.82, 2.24) is 19.8 Å². The summed E-state index contributed by atoms with van der Waals surface area (Å²) in [7, 11) is 0. The van der Waals surface area contributed by atoms with Gasteiger partial charge in [0.05, 0.1) is 25.1 Å². The minimum Gasteiger partial charge on any atom is -0.480 e. The van der Waals surface area contributed by atoms with Crippen LogP contribution in [0.5, 0.6) is 0 Å². The second-order valence-corrected chi connectivity index (χ2v) is 13.6. The molecule has 2 N–H and O–H groups in total. The summed E-state index contributed by atoms with van der Waals surface area (Å²) in [6.07, 6.45) is 5.16. The Kier molecular flexibility index (Phi) is 12.2. The van der Waals surface area contributed by atoms with E-state index in [0.717, 1.165) is 28.7 Å². The maximum atomic E-state index is 13.6. The van der Waals surface area contributed by atoms with E-state index in [1.807, 2.05) is 91.1 Å². The number of ether oxygens (including phenoxy) is 1. The zero-order valence-corrected chi connectivity index (χ0v) is 29.4. The molecule has 0 bridgehead atoms. The van der Waals surface area contributed by atoms with E-state index in [1.165, 1.54) is 0 Å². The predicted molar refractivity (Wildman–Crippen MR) is 197 cm³/mol. The van der Waals surface area contributed by atoms with Crippen LogP contribution in [0, 0.1) is 0 Å². The molecule has 1 aromatic heterocycles. The molecule has 4 aromatic carbocycles. The highest BCUT2D eigenvalue weighted by Crippen LogP contribution is 2.40. The van der Waals surface area contributed by atoms with Crippen molar-refractivity contribution in [1.29, 1.82) is 0 Å². The lowest BCUT2D eigenvalue weighted by Gasteiger charge is -2.37. The Morgan fingerprint density at radius 2 is 1.29 bits per heavy atom. The summed E-state index contributed by atoms with van der Waals surface area (Å²) in [5.74, 6) is -2.10. The maximum absolute atomic E-state index is 13.6. The Balaban J connectivity index is 1.42. The van der Waals surface area contributed by atoms with Gasteiger partial charge in [-0.25, -0.2) is 9.78 Å². The van der Waals surface area contributed by atoms with E-state index in [0.29, 0.717) is 18.7 Å². The molecule has 0 spiro atoms. The second kappa shape index (κ2) is 16.9. The van der Waals surface area contributed by atoms with Gasteiger partial charge in [0.2, 0.25) is 5.91 Å². The molecule has 51 heavy (non-hydrogen) atoms. The molecular weight excluding hydrogens is 640 g/mol. The molecule has 1 amide bonds. The van der Waals surface area contributed by atoms with Gasteiger partial charge in [0.15, 0.2) is 0 Å². The number of nitrogens with zero attached hydrogens (tertiary/aromatic N) is 3. The first kappa shape index (κ1) is 36.7. The van der Waals surface area contributed by atoms with Crippen molar-refractivity contribution in [2.45, 2.75) is 57.2 Å². The van der Waals surface area contributed by atoms with Crippen molar-refractivity contribution in [2.24, 2.45) is 0 Å². The summed E-state index contributed by atoms with van der Waals surface area (Å²) >= 11 is 0. The SMILES string of the molecule is CC(C)(C)OC(=O)[C@H](Cc1cn(C(c2ccccc2)(c2ccccc2)c2ccccc2)cn1)NC(=O)CN(CCCc1ccccc1)CC(=O)O. The van der Waals surface area contributed by atoms with Gasteiger partial charge in [0.1, 0.15) is 17.2 Å². The Morgan fingerprint density at radius 1 is 0.784 bits per heavy atom. The fraction of sp³-hybridized carbons (Fsp3) is 0.286. The predicted octanol–water partition coefficient (Wildman–Crippen LogP) is 6.11. The third-order valence-electron chi connectivity index (χ3n) is 8.55. The van der Waals surface area contributed by atoms with Crippen molar-refractivity contribution >= 4 is 17.8 Å². The molecule has 0 saturated heterocycles. The highest BCUT2D eigenvalue weighted by Gasteiger charge is 2.39. The number of benzene rings is 4. The van der Waals surface area contributed by atoms with E-state index in [1.54, 1.807) is 32.0 Å². The molecule has 0 aliphatic rings. The van der Waals surface area contributed by atoms with Gasteiger partial charge in [-0.05, 0) is 62.4 Å². The molecule has 1 atom stereocenters. The highest BCUT2D eigenvalue weighted by molar-refractivity contribution is 5.86. The van der Waals surface area contributed by atoms with Crippen LogP contribution < -0.4 is 5.32 Å². The second-order valence-electron chi connectivity index (χ2n) is 13.6. The number of esters is 1. The number of carboxylic acid groups (broad SMARTS) is 1. The topological polar surface area (TPSA) is 114 Å². The molecule has 0 radical (unpaired) electrons. The molecule has 0 saturated carbocycles. The Bertz CT molecular complexity index is 1760. The molecular formula is C42H46N4O5. The van der Waals surface area contributed by atoms with Gasteiger partial charge in [-0.15, -0.1) is 0 Å². The van der Waals surface area contributed by atoms with Crippen molar-refractivity contribution in [3.05, 3.63) is 162 Å². The van der Waals surface area contributed by atoms with Crippen molar-refractivity contribution in [2.75, 3.05) is 19.6 Å². The van der Waals surface area contributed by atoms with E-state index in [9.17, 15) is 19.5 Å². The van der Waals surface area contributed by atoms with E-state index in [2.05, 4.69) is 46.3 Å². The zero-order valence-electron chi connectivity index (χ0n) is 29.4. The number of rotatable bonds is 16. The Hall–Kier alpha value is -5.54. The molecule has 264 valence electrons. The highest BCUT2D eigenvalue weighted by atomic mass is 16.6. The minimum absolute atomic E-state index is 0.0645. The maximum Gasteiger partial charge on any atom is 0.329 e. The molecule has 1 heterocycles. The normalized spacial score (nSPS) is 12.3. The number of carboxylic acids is 1. The Labute approximate surface area is 299 Å². The number of aliphatic carboxylic acids is 1. The van der Waals surface area contributed by atoms with Crippen LogP contribution in [0.15, 0.2) is 134 Å². The summed E-state index contributed by atoms with van der Waals surface area (Å²) in [5.41, 5.74) is 3.19. The third kappa shape index (κ3) is 9.80. The van der Waals surface area contributed by atoms with Gasteiger partial charge in [-0.2, -0.15) is 0 Å². The summed E-state index contributed by atoms with van der Waals surface area (Å²) in [6.45, 7) is 5.23. The smallest absolute Gasteiger partial charge is 0.329 e. The van der Waals surface area contributed by atoms with Crippen molar-refractivity contribution in [3.8, 4) is 0 Å². The molecule has 0 unspecified atom stereocenters. The Morgan fingerprint density at radius 3 is 1.78 bits per heavy atom. The van der Waals surface area contributed by atoms with Crippen LogP contribution in [0.4, 0.5) is 0 Å². The van der Waals surface area contributed by atoms with Crippen LogP contribution in [0.3, 0.4) is 0 Å². The van der Waals surface area contributed by atoms with Gasteiger partial charge >= 0.3 is 11.9 Å². The lowest BCUT2D eigenvalue weighted by atomic mass is 9.77. The number of hydrogen-bond acceptors (Lipinski definition) is 6. The molecule has 0 fully saturated rings. The van der Waals surface area contributed by atoms with Crippen LogP contribution in [-0.2, 0) is 37.5 Å². The lowest BCUT2D eigenvalue weighted by molar-refractivity contribution is -0.158. The van der Waals surface area contributed by atoms with Crippen molar-refractivity contribution in [3.63, 3.8) is 0 Å². The molecule has 9 heteroatoms. The summed E-state index contributed by atoms with van der Waals surface area (Å²) in [4.78, 5) is 45.1. The number of hydrogen-bond donors (Lipinski definition) is 2. The van der Waals surface area contributed by atoms with Gasteiger partial charge < -0.3 is 19.7 Å². The van der Waals surface area contributed by atoms with E-state index >= 15 is 0 Å². The van der Waals surface area contributed by atoms with Crippen LogP contribution in [-0.4, -0.2) is 68.7 Å². The standard InChI is InChI=1S/C42H46N4O5/c1-41(2,3)51-40(50)37(44-38(47)29-45(30-39(48)49)26-16-19-32-17-8-4-9-18-32)27-36-28-46(31-43-36)42(33-20-10-5-11-21-33,34-22-12-6-13-23-34)35-24-14-7-15-25-35/h4-15,17-18,20-25,28,31,37H,16,19,26-27,29-30H2,1-3H3,(H,44,47)(H,48,49)/t37-/m0/s1. The monoisotopic (exact) mass is 686 g/mol. The van der Waals surface area contributed by atoms with Gasteiger partial charge in [-0.1, -0.05) is 121 Å². The first-order chi connectivity index (χ1) is 24.5. The van der Waals surface area contributed by atoms with Crippen LogP contribution in [0.25, 0.3) is 0 Å². The fourth-order valence-electron chi connectivity index (χ4n) is 6.41. The molecule has 0 aliphatic carbocycles. The fourth-order valence-corrected chi connectivity index (χ4v) is 6.41. The van der Waals surface area contributed by atoms with Crippen LogP contribution in [0.2, 0.25) is 0 Å². The molecule has 5 rings (SSSR count). The van der Waals surface area contributed by atoms with Gasteiger partial charge in [0.25, 0.3) is 0 Å². The number of carbonyl (C=O) groups excluding carboxylic acids is 2. The summed E-state index contributed by atoms with van der Waals surface area (Å²) in [5, 5.41) is 12.4. The number of aryl methyl sites for hydroxylation is 1. The zero-order chi connectivity index (χ0) is 36.3. The number of imidazole rings is 1. The quantitative estimate of drug-likeness (QED) is 0.0951. The first-order valence-corrected chi connectivity index (χ1v) is 17.2. The number of amides is 1. The van der Waals surface area contributed by atoms with E-state index in [4.69, 9.17) is 9.72 Å². The van der Waals surface area contributed by atoms with Gasteiger partial charge in [0, 0.05) is 12.6 Å². The number of carbonyl (C=O) groups is 3. The summed E-state index contributed by atoms with van der Waals surface area (Å²) < 4.78 is 7.80. The first-order valence-electron chi connectivity index (χ1n) is 17.2. The average molecular weight is 687 g/mol. The minimum atomic E-state index is -1.06. The number of nitrogens with one attached hydrogen (secondary N) is 1. The third-order valence-corrected chi connectivity index (χ3v) is 8.55.